The van der Waals surface area contributed by atoms with Gasteiger partial charge in [0.2, 0.25) is 0 Å². The third-order valence-corrected chi connectivity index (χ3v) is 4.53. The van der Waals surface area contributed by atoms with Crippen molar-refractivity contribution in [2.75, 3.05) is 0 Å². The molecule has 0 aliphatic carbocycles. The van der Waals surface area contributed by atoms with Crippen molar-refractivity contribution in [3.63, 3.8) is 0 Å². The van der Waals surface area contributed by atoms with Gasteiger partial charge < -0.3 is 0 Å². The molecule has 0 atom stereocenters. The van der Waals surface area contributed by atoms with Crippen LogP contribution >= 0.6 is 27.3 Å². The van der Waals surface area contributed by atoms with Crippen LogP contribution in [0.25, 0.3) is 22.9 Å². The van der Waals surface area contributed by atoms with Crippen LogP contribution in [0.15, 0.2) is 58.4 Å². The number of hydrogen-bond acceptors (Lipinski definition) is 3. The van der Waals surface area contributed by atoms with Gasteiger partial charge in [0.1, 0.15) is 16.9 Å². The van der Waals surface area contributed by atoms with Crippen LogP contribution < -0.4 is 0 Å². The Hall–Kier alpha value is -2.29. The molecule has 23 heavy (non-hydrogen) atoms. The molecule has 0 saturated heterocycles. The number of hydrogen-bond donors (Lipinski definition) is 0. The summed E-state index contributed by atoms with van der Waals surface area (Å²) >= 11 is 4.85. The van der Waals surface area contributed by atoms with E-state index in [1.807, 2.05) is 29.6 Å². The number of nitrogens with zero attached hydrogens (tertiary/aromatic N) is 2. The number of rotatable bonds is 3. The Morgan fingerprint density at radius 1 is 1.22 bits per heavy atom. The van der Waals surface area contributed by atoms with Crippen molar-refractivity contribution in [3.8, 4) is 17.3 Å². The van der Waals surface area contributed by atoms with Crippen LogP contribution in [-0.4, -0.2) is 4.98 Å². The van der Waals surface area contributed by atoms with Gasteiger partial charge in [-0.2, -0.15) is 5.26 Å². The minimum atomic E-state index is -0.299. The van der Waals surface area contributed by atoms with Gasteiger partial charge >= 0.3 is 0 Å². The summed E-state index contributed by atoms with van der Waals surface area (Å²) in [5, 5.41) is 12.0. The van der Waals surface area contributed by atoms with Gasteiger partial charge in [-0.15, -0.1) is 11.3 Å². The molecule has 0 amide bonds. The van der Waals surface area contributed by atoms with Crippen LogP contribution in [0.5, 0.6) is 0 Å². The maximum absolute atomic E-state index is 13.0. The molecule has 0 unspecified atom stereocenters. The van der Waals surface area contributed by atoms with E-state index in [0.29, 0.717) is 10.6 Å². The fourth-order valence-corrected chi connectivity index (χ4v) is 3.24. The monoisotopic (exact) mass is 384 g/mol. The van der Waals surface area contributed by atoms with Crippen molar-refractivity contribution >= 4 is 38.9 Å². The summed E-state index contributed by atoms with van der Waals surface area (Å²) in [7, 11) is 0. The molecule has 112 valence electrons. The van der Waals surface area contributed by atoms with Crippen molar-refractivity contribution in [1.29, 1.82) is 5.26 Å². The highest BCUT2D eigenvalue weighted by molar-refractivity contribution is 9.10. The van der Waals surface area contributed by atoms with Crippen molar-refractivity contribution in [2.24, 2.45) is 0 Å². The second kappa shape index (κ2) is 6.86. The predicted molar refractivity (Wildman–Crippen MR) is 95.1 cm³/mol. The summed E-state index contributed by atoms with van der Waals surface area (Å²) in [6, 6.07) is 16.0. The van der Waals surface area contributed by atoms with Crippen molar-refractivity contribution in [2.45, 2.75) is 0 Å². The van der Waals surface area contributed by atoms with Crippen LogP contribution in [0.2, 0.25) is 0 Å². The third kappa shape index (κ3) is 3.73. The van der Waals surface area contributed by atoms with E-state index in [-0.39, 0.29) is 5.82 Å². The fourth-order valence-electron chi connectivity index (χ4n) is 2.05. The molecule has 0 fully saturated rings. The maximum atomic E-state index is 13.0. The van der Waals surface area contributed by atoms with Crippen LogP contribution in [0.1, 0.15) is 10.6 Å². The summed E-state index contributed by atoms with van der Waals surface area (Å²) < 4.78 is 13.9. The standard InChI is InChI=1S/C18H10BrFN2S/c19-15-3-1-2-13(9-15)17-11-23-18(22-17)14(10-21)8-12-4-6-16(20)7-5-12/h1-9,11H/b14-8-. The molecule has 0 aliphatic heterocycles. The summed E-state index contributed by atoms with van der Waals surface area (Å²) in [4.78, 5) is 4.54. The van der Waals surface area contributed by atoms with Crippen molar-refractivity contribution in [3.05, 3.63) is 74.8 Å². The normalized spacial score (nSPS) is 11.3. The third-order valence-electron chi connectivity index (χ3n) is 3.16. The SMILES string of the molecule is N#C/C(=C/c1ccc(F)cc1)c1nc(-c2cccc(Br)c2)cs1. The van der Waals surface area contributed by atoms with E-state index >= 15 is 0 Å². The van der Waals surface area contributed by atoms with Crippen LogP contribution in [-0.2, 0) is 0 Å². The lowest BCUT2D eigenvalue weighted by atomic mass is 10.1. The van der Waals surface area contributed by atoms with E-state index in [9.17, 15) is 9.65 Å². The molecule has 2 nitrogen and oxygen atoms in total. The molecule has 2 aromatic carbocycles. The van der Waals surface area contributed by atoms with E-state index in [2.05, 4.69) is 27.0 Å². The molecule has 5 heteroatoms. The molecule has 0 spiro atoms. The number of allylic oxidation sites excluding steroid dienone is 1. The van der Waals surface area contributed by atoms with Gasteiger partial charge in [-0.25, -0.2) is 9.37 Å². The Labute approximate surface area is 145 Å². The Morgan fingerprint density at radius 3 is 2.70 bits per heavy atom. The molecule has 3 rings (SSSR count). The molecule has 0 radical (unpaired) electrons. The first-order valence-electron chi connectivity index (χ1n) is 6.75. The summed E-state index contributed by atoms with van der Waals surface area (Å²) in [6.07, 6.45) is 1.71. The number of benzene rings is 2. The Balaban J connectivity index is 1.94. The highest BCUT2D eigenvalue weighted by Crippen LogP contribution is 2.28. The summed E-state index contributed by atoms with van der Waals surface area (Å²) in [6.45, 7) is 0. The largest absolute Gasteiger partial charge is 0.235 e. The fraction of sp³-hybridized carbons (Fsp3) is 0. The van der Waals surface area contributed by atoms with Crippen LogP contribution in [0.4, 0.5) is 4.39 Å². The van der Waals surface area contributed by atoms with E-state index in [1.54, 1.807) is 18.2 Å². The van der Waals surface area contributed by atoms with Gasteiger partial charge in [-0.1, -0.05) is 40.2 Å². The highest BCUT2D eigenvalue weighted by atomic mass is 79.9. The van der Waals surface area contributed by atoms with E-state index in [4.69, 9.17) is 0 Å². The first kappa shape index (κ1) is 15.6. The number of halogens is 2. The van der Waals surface area contributed by atoms with Crippen molar-refractivity contribution < 1.29 is 4.39 Å². The lowest BCUT2D eigenvalue weighted by Crippen LogP contribution is -1.83. The summed E-state index contributed by atoms with van der Waals surface area (Å²) in [5.41, 5.74) is 3.04. The molecule has 3 aromatic rings. The lowest BCUT2D eigenvalue weighted by molar-refractivity contribution is 0.628. The quantitative estimate of drug-likeness (QED) is 0.536. The molecule has 1 heterocycles. The van der Waals surface area contributed by atoms with Gasteiger partial charge in [0.15, 0.2) is 0 Å². The maximum Gasteiger partial charge on any atom is 0.134 e. The van der Waals surface area contributed by atoms with Gasteiger partial charge in [0.25, 0.3) is 0 Å². The molecular weight excluding hydrogens is 375 g/mol. The Morgan fingerprint density at radius 2 is 2.00 bits per heavy atom. The molecule has 0 bridgehead atoms. The zero-order chi connectivity index (χ0) is 16.2. The molecule has 0 aliphatic rings. The highest BCUT2D eigenvalue weighted by Gasteiger charge is 2.09. The number of nitriles is 1. The molecule has 1 aromatic heterocycles. The minimum absolute atomic E-state index is 0.299. The van der Waals surface area contributed by atoms with E-state index < -0.39 is 0 Å². The average molecular weight is 385 g/mol. The smallest absolute Gasteiger partial charge is 0.134 e. The Bertz CT molecular complexity index is 907. The van der Waals surface area contributed by atoms with E-state index in [0.717, 1.165) is 21.3 Å². The van der Waals surface area contributed by atoms with Gasteiger partial charge in [-0.3, -0.25) is 0 Å². The predicted octanol–water partition coefficient (Wildman–Crippen LogP) is 5.78. The topological polar surface area (TPSA) is 36.7 Å². The zero-order valence-corrected chi connectivity index (χ0v) is 14.2. The van der Waals surface area contributed by atoms with Gasteiger partial charge in [-0.05, 0) is 35.9 Å². The summed E-state index contributed by atoms with van der Waals surface area (Å²) in [5.74, 6) is -0.299. The second-order valence-electron chi connectivity index (χ2n) is 4.77. The van der Waals surface area contributed by atoms with Crippen LogP contribution in [0.3, 0.4) is 0 Å². The van der Waals surface area contributed by atoms with Crippen LogP contribution in [0, 0.1) is 17.1 Å². The first-order chi connectivity index (χ1) is 11.2. The average Bonchev–Trinajstić information content (AvgIpc) is 3.04. The molecule has 0 N–H and O–H groups in total. The minimum Gasteiger partial charge on any atom is -0.235 e. The Kier molecular flexibility index (Phi) is 4.65. The van der Waals surface area contributed by atoms with E-state index in [1.165, 1.54) is 23.5 Å². The first-order valence-corrected chi connectivity index (χ1v) is 8.42. The van der Waals surface area contributed by atoms with Gasteiger partial charge in [0.05, 0.1) is 11.3 Å². The molecular formula is C18H10BrFN2S. The van der Waals surface area contributed by atoms with Crippen molar-refractivity contribution in [1.82, 2.24) is 4.98 Å². The lowest BCUT2D eigenvalue weighted by Gasteiger charge is -1.98. The number of aromatic nitrogens is 1. The molecule has 0 saturated carbocycles. The second-order valence-corrected chi connectivity index (χ2v) is 6.54. The van der Waals surface area contributed by atoms with Gasteiger partial charge in [0, 0.05) is 15.4 Å². The number of thiazole rings is 1. The zero-order valence-electron chi connectivity index (χ0n) is 11.8.